The zero-order chi connectivity index (χ0) is 18.0. The molecule has 0 unspecified atom stereocenters. The molecule has 1 aliphatic rings. The molecule has 0 fully saturated rings. The van der Waals surface area contributed by atoms with Crippen molar-refractivity contribution >= 4 is 5.91 Å². The maximum Gasteiger partial charge on any atom is 0.253 e. The van der Waals surface area contributed by atoms with Gasteiger partial charge in [0.1, 0.15) is 0 Å². The number of nitrogens with one attached hydrogen (secondary N) is 1. The zero-order valence-corrected chi connectivity index (χ0v) is 14.4. The molecule has 0 atom stereocenters. The summed E-state index contributed by atoms with van der Waals surface area (Å²) in [6.45, 7) is 6.10. The number of carbonyl (C=O) groups excluding carboxylic acids is 1. The number of pyridine rings is 1. The largest absolute Gasteiger partial charge is 0.461 e. The second-order valence-electron chi connectivity index (χ2n) is 6.35. The second kappa shape index (κ2) is 6.54. The molecule has 0 radical (unpaired) electrons. The van der Waals surface area contributed by atoms with Crippen LogP contribution in [0.3, 0.4) is 0 Å². The average Bonchev–Trinajstić information content (AvgIpc) is 2.60. The molecule has 1 aromatic carbocycles. The highest BCUT2D eigenvalue weighted by Crippen LogP contribution is 2.35. The van der Waals surface area contributed by atoms with Gasteiger partial charge in [-0.1, -0.05) is 12.1 Å². The Morgan fingerprint density at radius 2 is 2.24 bits per heavy atom. The van der Waals surface area contributed by atoms with Crippen LogP contribution in [0.4, 0.5) is 0 Å². The number of fused-ring (bicyclic) bond motifs is 1. The summed E-state index contributed by atoms with van der Waals surface area (Å²) in [5.74, 6) is -0.389. The molecular formula is C19H19N3O3. The smallest absolute Gasteiger partial charge is 0.253 e. The van der Waals surface area contributed by atoms with Gasteiger partial charge in [0, 0.05) is 32.2 Å². The maximum absolute atomic E-state index is 12.6. The van der Waals surface area contributed by atoms with Crippen LogP contribution in [-0.4, -0.2) is 16.7 Å². The Hall–Kier alpha value is -2.91. The monoisotopic (exact) mass is 337 g/mol. The first-order valence-electron chi connectivity index (χ1n) is 7.98. The lowest BCUT2D eigenvalue weighted by molar-refractivity contribution is -0.180. The lowest BCUT2D eigenvalue weighted by atomic mass is 10.1. The summed E-state index contributed by atoms with van der Waals surface area (Å²) in [5, 5.41) is 11.8. The fourth-order valence-electron chi connectivity index (χ4n) is 2.66. The van der Waals surface area contributed by atoms with Crippen LogP contribution in [-0.2, 0) is 17.9 Å². The molecule has 1 aliphatic heterocycles. The van der Waals surface area contributed by atoms with Crippen LogP contribution in [0.25, 0.3) is 0 Å². The number of carbonyl (C=O) groups is 1. The van der Waals surface area contributed by atoms with Crippen molar-refractivity contribution in [2.24, 2.45) is 0 Å². The molecule has 25 heavy (non-hydrogen) atoms. The van der Waals surface area contributed by atoms with Gasteiger partial charge in [0.25, 0.3) is 5.91 Å². The van der Waals surface area contributed by atoms with Gasteiger partial charge in [-0.25, -0.2) is 0 Å². The molecule has 6 heteroatoms. The molecule has 1 amide bonds. The summed E-state index contributed by atoms with van der Waals surface area (Å²) < 4.78 is 11.5. The third-order valence-corrected chi connectivity index (χ3v) is 3.98. The summed E-state index contributed by atoms with van der Waals surface area (Å²) >= 11 is 0. The standard InChI is InChI=1S/C19H19N3O3/c1-12-17-16(11-24-19(2,3)25-17)15(10-21-12)18(23)22-9-14-6-4-5-13(7-14)8-20/h4-7,10H,9,11H2,1-3H3,(H,22,23). The van der Waals surface area contributed by atoms with Gasteiger partial charge in [0.05, 0.1) is 29.5 Å². The van der Waals surface area contributed by atoms with Crippen molar-refractivity contribution in [2.45, 2.75) is 39.7 Å². The van der Waals surface area contributed by atoms with Gasteiger partial charge in [-0.05, 0) is 24.6 Å². The van der Waals surface area contributed by atoms with Crippen molar-refractivity contribution in [3.63, 3.8) is 0 Å². The summed E-state index contributed by atoms with van der Waals surface area (Å²) in [5.41, 5.74) is 3.28. The van der Waals surface area contributed by atoms with Gasteiger partial charge in [0.15, 0.2) is 5.75 Å². The Bertz CT molecular complexity index is 869. The van der Waals surface area contributed by atoms with E-state index in [0.717, 1.165) is 11.3 Å². The first-order valence-corrected chi connectivity index (χ1v) is 7.98. The van der Waals surface area contributed by atoms with E-state index in [9.17, 15) is 4.79 Å². The van der Waals surface area contributed by atoms with Gasteiger partial charge < -0.3 is 14.8 Å². The topological polar surface area (TPSA) is 84.2 Å². The number of aryl methyl sites for hydroxylation is 1. The van der Waals surface area contributed by atoms with Crippen LogP contribution in [0.5, 0.6) is 5.75 Å². The predicted molar refractivity (Wildman–Crippen MR) is 90.8 cm³/mol. The van der Waals surface area contributed by atoms with E-state index in [-0.39, 0.29) is 5.91 Å². The highest BCUT2D eigenvalue weighted by atomic mass is 16.7. The van der Waals surface area contributed by atoms with Gasteiger partial charge in [-0.15, -0.1) is 0 Å². The molecule has 0 spiro atoms. The van der Waals surface area contributed by atoms with Crippen molar-refractivity contribution in [3.05, 3.63) is 58.4 Å². The molecule has 0 saturated carbocycles. The minimum Gasteiger partial charge on any atom is -0.461 e. The minimum atomic E-state index is -0.744. The number of aromatic nitrogens is 1. The molecule has 3 rings (SSSR count). The first kappa shape index (κ1) is 16.9. The molecule has 2 aromatic rings. The Labute approximate surface area is 146 Å². The Morgan fingerprint density at radius 3 is 3.00 bits per heavy atom. The van der Waals surface area contributed by atoms with Gasteiger partial charge >= 0.3 is 0 Å². The minimum absolute atomic E-state index is 0.252. The second-order valence-corrected chi connectivity index (χ2v) is 6.35. The first-order chi connectivity index (χ1) is 11.9. The van der Waals surface area contributed by atoms with Crippen LogP contribution in [0.1, 0.15) is 46.6 Å². The number of hydrogen-bond acceptors (Lipinski definition) is 5. The number of hydrogen-bond donors (Lipinski definition) is 1. The Balaban J connectivity index is 1.80. The van der Waals surface area contributed by atoms with Crippen molar-refractivity contribution in [1.82, 2.24) is 10.3 Å². The number of ether oxygens (including phenoxy) is 2. The average molecular weight is 337 g/mol. The number of amides is 1. The predicted octanol–water partition coefficient (Wildman–Crippen LogP) is 2.84. The van der Waals surface area contributed by atoms with E-state index in [4.69, 9.17) is 14.7 Å². The summed E-state index contributed by atoms with van der Waals surface area (Å²) in [6, 6.07) is 9.21. The van der Waals surface area contributed by atoms with Crippen LogP contribution < -0.4 is 10.1 Å². The highest BCUT2D eigenvalue weighted by Gasteiger charge is 2.31. The van der Waals surface area contributed by atoms with E-state index in [1.807, 2.05) is 26.8 Å². The van der Waals surface area contributed by atoms with E-state index >= 15 is 0 Å². The van der Waals surface area contributed by atoms with Gasteiger partial charge in [0.2, 0.25) is 5.79 Å². The molecule has 2 heterocycles. The van der Waals surface area contributed by atoms with Crippen LogP contribution in [0.2, 0.25) is 0 Å². The third kappa shape index (κ3) is 3.62. The number of rotatable bonds is 3. The fourth-order valence-corrected chi connectivity index (χ4v) is 2.66. The zero-order valence-electron chi connectivity index (χ0n) is 14.4. The maximum atomic E-state index is 12.6. The molecule has 128 valence electrons. The van der Waals surface area contributed by atoms with E-state index < -0.39 is 5.79 Å². The van der Waals surface area contributed by atoms with Crippen LogP contribution in [0.15, 0.2) is 30.5 Å². The van der Waals surface area contributed by atoms with E-state index in [1.54, 1.807) is 24.4 Å². The van der Waals surface area contributed by atoms with Gasteiger partial charge in [-0.2, -0.15) is 5.26 Å². The van der Waals surface area contributed by atoms with Gasteiger partial charge in [-0.3, -0.25) is 9.78 Å². The third-order valence-electron chi connectivity index (χ3n) is 3.98. The molecule has 1 aromatic heterocycles. The summed E-state index contributed by atoms with van der Waals surface area (Å²) in [4.78, 5) is 16.9. The van der Waals surface area contributed by atoms with E-state index in [0.29, 0.717) is 35.6 Å². The molecule has 6 nitrogen and oxygen atoms in total. The fraction of sp³-hybridized carbons (Fsp3) is 0.316. The van der Waals surface area contributed by atoms with Crippen molar-refractivity contribution in [2.75, 3.05) is 0 Å². The van der Waals surface area contributed by atoms with Crippen molar-refractivity contribution < 1.29 is 14.3 Å². The number of nitriles is 1. The number of nitrogens with zero attached hydrogens (tertiary/aromatic N) is 2. The highest BCUT2D eigenvalue weighted by molar-refractivity contribution is 5.96. The summed E-state index contributed by atoms with van der Waals surface area (Å²) in [6.07, 6.45) is 1.54. The Kier molecular flexibility index (Phi) is 4.43. The Morgan fingerprint density at radius 1 is 1.44 bits per heavy atom. The quantitative estimate of drug-likeness (QED) is 0.931. The van der Waals surface area contributed by atoms with Crippen LogP contribution in [0, 0.1) is 18.3 Å². The molecule has 0 bridgehead atoms. The summed E-state index contributed by atoms with van der Waals surface area (Å²) in [7, 11) is 0. The molecular weight excluding hydrogens is 318 g/mol. The lowest BCUT2D eigenvalue weighted by Crippen LogP contribution is -2.37. The lowest BCUT2D eigenvalue weighted by Gasteiger charge is -2.33. The normalized spacial score (nSPS) is 14.8. The van der Waals surface area contributed by atoms with E-state index in [2.05, 4.69) is 16.4 Å². The molecule has 0 aliphatic carbocycles. The van der Waals surface area contributed by atoms with E-state index in [1.165, 1.54) is 0 Å². The molecule has 1 N–H and O–H groups in total. The van der Waals surface area contributed by atoms with Crippen molar-refractivity contribution in [3.8, 4) is 11.8 Å². The van der Waals surface area contributed by atoms with Crippen molar-refractivity contribution in [1.29, 1.82) is 5.26 Å². The number of benzene rings is 1. The molecule has 0 saturated heterocycles. The SMILES string of the molecule is Cc1ncc(C(=O)NCc2cccc(C#N)c2)c2c1OC(C)(C)OC2. The van der Waals surface area contributed by atoms with Crippen LogP contribution >= 0.6 is 0 Å².